The van der Waals surface area contributed by atoms with Gasteiger partial charge in [-0.05, 0) is 31.2 Å². The molecule has 0 saturated carbocycles. The Morgan fingerprint density at radius 2 is 1.97 bits per heavy atom. The summed E-state index contributed by atoms with van der Waals surface area (Å²) < 4.78 is 11.4. The maximum Gasteiger partial charge on any atom is 0.254 e. The first kappa shape index (κ1) is 18.3. The number of aromatic nitrogens is 3. The molecule has 1 fully saturated rings. The molecule has 1 saturated heterocycles. The van der Waals surface area contributed by atoms with E-state index in [2.05, 4.69) is 15.4 Å². The van der Waals surface area contributed by atoms with Gasteiger partial charge in [-0.3, -0.25) is 4.79 Å². The molecule has 0 bridgehead atoms. The summed E-state index contributed by atoms with van der Waals surface area (Å²) in [6.07, 6.45) is 0.664. The normalized spacial score (nSPS) is 16.2. The van der Waals surface area contributed by atoms with Crippen molar-refractivity contribution in [3.8, 4) is 17.2 Å². The van der Waals surface area contributed by atoms with Gasteiger partial charge in [0, 0.05) is 30.2 Å². The second-order valence-corrected chi connectivity index (χ2v) is 7.40. The van der Waals surface area contributed by atoms with E-state index in [1.54, 1.807) is 12.1 Å². The smallest absolute Gasteiger partial charge is 0.254 e. The van der Waals surface area contributed by atoms with Crippen molar-refractivity contribution in [2.75, 3.05) is 13.1 Å². The van der Waals surface area contributed by atoms with Gasteiger partial charge < -0.3 is 14.2 Å². The number of amides is 1. The second-order valence-electron chi connectivity index (χ2n) is 7.40. The Bertz CT molecular complexity index is 1190. The van der Waals surface area contributed by atoms with Crippen LogP contribution >= 0.6 is 0 Å². The molecule has 0 N–H and O–H groups in total. The van der Waals surface area contributed by atoms with Crippen LogP contribution < -0.4 is 4.74 Å². The third-order valence-electron chi connectivity index (χ3n) is 5.25. The maximum absolute atomic E-state index is 13.1. The molecule has 1 unspecified atom stereocenters. The Kier molecular flexibility index (Phi) is 4.63. The third kappa shape index (κ3) is 3.50. The Balaban J connectivity index is 1.34. The van der Waals surface area contributed by atoms with Crippen molar-refractivity contribution in [3.05, 3.63) is 71.9 Å². The van der Waals surface area contributed by atoms with Gasteiger partial charge in [-0.2, -0.15) is 5.10 Å². The molecule has 0 radical (unpaired) electrons. The highest BCUT2D eigenvalue weighted by molar-refractivity contribution is 6.01. The number of nitrogens with zero attached hydrogens (tertiary/aromatic N) is 4. The summed E-state index contributed by atoms with van der Waals surface area (Å²) >= 11 is 0. The van der Waals surface area contributed by atoms with E-state index in [1.807, 2.05) is 60.4 Å². The zero-order valence-electron chi connectivity index (χ0n) is 16.5. The first-order chi connectivity index (χ1) is 14.7. The van der Waals surface area contributed by atoms with Crippen LogP contribution in [0.3, 0.4) is 0 Å². The van der Waals surface area contributed by atoms with E-state index in [9.17, 15) is 4.79 Å². The van der Waals surface area contributed by atoms with Crippen molar-refractivity contribution in [1.82, 2.24) is 20.3 Å². The first-order valence-corrected chi connectivity index (χ1v) is 9.88. The van der Waals surface area contributed by atoms with Gasteiger partial charge >= 0.3 is 0 Å². The lowest BCUT2D eigenvalue weighted by molar-refractivity contribution is 0.0771. The molecule has 0 aliphatic carbocycles. The molecule has 5 rings (SSSR count). The van der Waals surface area contributed by atoms with E-state index in [-0.39, 0.29) is 12.0 Å². The number of carbonyl (C=O) groups is 1. The van der Waals surface area contributed by atoms with Crippen LogP contribution in [0.25, 0.3) is 22.2 Å². The van der Waals surface area contributed by atoms with Gasteiger partial charge in [0.25, 0.3) is 5.91 Å². The van der Waals surface area contributed by atoms with Crippen LogP contribution in [0.1, 0.15) is 22.5 Å². The van der Waals surface area contributed by atoms with Crippen LogP contribution in [0, 0.1) is 6.92 Å². The van der Waals surface area contributed by atoms with Crippen LogP contribution in [0.4, 0.5) is 0 Å². The molecule has 4 aromatic rings. The van der Waals surface area contributed by atoms with Crippen molar-refractivity contribution < 1.29 is 14.1 Å². The van der Waals surface area contributed by atoms with Crippen LogP contribution in [0.2, 0.25) is 0 Å². The van der Waals surface area contributed by atoms with Crippen LogP contribution in [0.15, 0.2) is 65.2 Å². The molecular weight excluding hydrogens is 380 g/mol. The number of hydrogen-bond donors (Lipinski definition) is 0. The van der Waals surface area contributed by atoms with Crippen molar-refractivity contribution >= 4 is 16.8 Å². The molecule has 2 aromatic carbocycles. The van der Waals surface area contributed by atoms with E-state index < -0.39 is 0 Å². The zero-order valence-corrected chi connectivity index (χ0v) is 16.5. The molecule has 150 valence electrons. The number of hydrogen-bond acceptors (Lipinski definition) is 6. The summed E-state index contributed by atoms with van der Waals surface area (Å²) in [6.45, 7) is 3.03. The number of carbonyl (C=O) groups excluding carboxylic acids is 1. The number of benzene rings is 2. The number of likely N-dealkylation sites (tertiary alicyclic amines) is 1. The molecule has 1 aliphatic rings. The molecule has 30 heavy (non-hydrogen) atoms. The number of fused-ring (bicyclic) bond motifs is 1. The third-order valence-corrected chi connectivity index (χ3v) is 5.25. The van der Waals surface area contributed by atoms with Gasteiger partial charge in [0.15, 0.2) is 5.76 Å². The molecule has 0 spiro atoms. The molecule has 7 nitrogen and oxygen atoms in total. The lowest BCUT2D eigenvalue weighted by Gasteiger charge is -2.17. The molecule has 1 atom stereocenters. The topological polar surface area (TPSA) is 81.4 Å². The van der Waals surface area contributed by atoms with Crippen molar-refractivity contribution in [3.63, 3.8) is 0 Å². The SMILES string of the molecule is Cc1ccc(OC2CCN(C(=O)c3ccc4noc(-c5ccccc5)c4c3)C2)nn1. The predicted molar refractivity (Wildman–Crippen MR) is 111 cm³/mol. The van der Waals surface area contributed by atoms with Crippen LogP contribution in [-0.4, -0.2) is 45.4 Å². The van der Waals surface area contributed by atoms with E-state index in [0.29, 0.717) is 30.3 Å². The average Bonchev–Trinajstić information content (AvgIpc) is 3.42. The van der Waals surface area contributed by atoms with Crippen LogP contribution in [-0.2, 0) is 0 Å². The van der Waals surface area contributed by atoms with E-state index in [0.717, 1.165) is 28.6 Å². The Morgan fingerprint density at radius 1 is 1.10 bits per heavy atom. The van der Waals surface area contributed by atoms with E-state index in [4.69, 9.17) is 9.26 Å². The average molecular weight is 400 g/mol. The zero-order chi connectivity index (χ0) is 20.5. The molecular formula is C23H20N4O3. The standard InChI is InChI=1S/C23H20N4O3/c1-15-7-10-21(25-24-15)29-18-11-12-27(14-18)23(28)17-8-9-20-19(13-17)22(30-26-20)16-5-3-2-4-6-16/h2-10,13,18H,11-12,14H2,1H3. The van der Waals surface area contributed by atoms with Gasteiger partial charge in [0.1, 0.15) is 11.6 Å². The summed E-state index contributed by atoms with van der Waals surface area (Å²) in [4.78, 5) is 14.9. The summed E-state index contributed by atoms with van der Waals surface area (Å²) in [5.41, 5.74) is 3.10. The highest BCUT2D eigenvalue weighted by Crippen LogP contribution is 2.30. The van der Waals surface area contributed by atoms with Gasteiger partial charge in [0.2, 0.25) is 5.88 Å². The quantitative estimate of drug-likeness (QED) is 0.517. The van der Waals surface area contributed by atoms with Crippen molar-refractivity contribution in [2.45, 2.75) is 19.4 Å². The number of aryl methyl sites for hydroxylation is 1. The molecule has 3 heterocycles. The minimum absolute atomic E-state index is 0.0294. The minimum atomic E-state index is -0.0924. The highest BCUT2D eigenvalue weighted by Gasteiger charge is 2.29. The van der Waals surface area contributed by atoms with Gasteiger partial charge in [0.05, 0.1) is 17.6 Å². The van der Waals surface area contributed by atoms with E-state index in [1.165, 1.54) is 0 Å². The summed E-state index contributed by atoms with van der Waals surface area (Å²) in [5, 5.41) is 13.0. The second kappa shape index (κ2) is 7.59. The molecule has 1 aliphatic heterocycles. The highest BCUT2D eigenvalue weighted by atomic mass is 16.5. The van der Waals surface area contributed by atoms with Crippen LogP contribution in [0.5, 0.6) is 5.88 Å². The lowest BCUT2D eigenvalue weighted by atomic mass is 10.1. The van der Waals surface area contributed by atoms with Gasteiger partial charge in [-0.25, -0.2) is 0 Å². The fourth-order valence-corrected chi connectivity index (χ4v) is 3.68. The Hall–Kier alpha value is -3.74. The minimum Gasteiger partial charge on any atom is -0.471 e. The summed E-state index contributed by atoms with van der Waals surface area (Å²) in [7, 11) is 0. The first-order valence-electron chi connectivity index (χ1n) is 9.88. The van der Waals surface area contributed by atoms with Crippen molar-refractivity contribution in [1.29, 1.82) is 0 Å². The Morgan fingerprint density at radius 3 is 2.77 bits per heavy atom. The Labute approximate surface area is 173 Å². The lowest BCUT2D eigenvalue weighted by Crippen LogP contribution is -2.31. The maximum atomic E-state index is 13.1. The molecule has 7 heteroatoms. The van der Waals surface area contributed by atoms with Gasteiger partial charge in [-0.15, -0.1) is 5.10 Å². The fourth-order valence-electron chi connectivity index (χ4n) is 3.68. The number of ether oxygens (including phenoxy) is 1. The monoisotopic (exact) mass is 400 g/mol. The largest absolute Gasteiger partial charge is 0.471 e. The van der Waals surface area contributed by atoms with E-state index >= 15 is 0 Å². The fraction of sp³-hybridized carbons (Fsp3) is 0.217. The molecule has 2 aromatic heterocycles. The number of rotatable bonds is 4. The summed E-state index contributed by atoms with van der Waals surface area (Å²) in [6, 6.07) is 18.9. The van der Waals surface area contributed by atoms with Crippen molar-refractivity contribution in [2.24, 2.45) is 0 Å². The summed E-state index contributed by atoms with van der Waals surface area (Å²) in [5.74, 6) is 1.12. The predicted octanol–water partition coefficient (Wildman–Crippen LogP) is 3.89. The van der Waals surface area contributed by atoms with Gasteiger partial charge in [-0.1, -0.05) is 35.5 Å². The molecule has 1 amide bonds.